The van der Waals surface area contributed by atoms with Crippen LogP contribution in [0.25, 0.3) is 0 Å². The number of nitriles is 1. The summed E-state index contributed by atoms with van der Waals surface area (Å²) in [7, 11) is 0. The largest absolute Gasteiger partial charge is 0.325 e. The number of hydrogen-bond donors (Lipinski definition) is 1. The molecule has 3 nitrogen and oxygen atoms in total. The van der Waals surface area contributed by atoms with E-state index in [-0.39, 0.29) is 5.91 Å². The van der Waals surface area contributed by atoms with E-state index in [0.717, 1.165) is 22.1 Å². The molecule has 0 bridgehead atoms. The van der Waals surface area contributed by atoms with Crippen molar-refractivity contribution in [3.05, 3.63) is 28.2 Å². The van der Waals surface area contributed by atoms with E-state index < -0.39 is 5.92 Å². The number of benzene rings is 1. The number of halogens is 1. The van der Waals surface area contributed by atoms with Gasteiger partial charge in [-0.25, -0.2) is 0 Å². The van der Waals surface area contributed by atoms with Crippen LogP contribution in [0.3, 0.4) is 0 Å². The number of hydrogen-bond acceptors (Lipinski definition) is 2. The first kappa shape index (κ1) is 13.7. The highest BCUT2D eigenvalue weighted by molar-refractivity contribution is 9.10. The molecule has 1 aromatic rings. The van der Waals surface area contributed by atoms with Crippen LogP contribution in [-0.4, -0.2) is 5.91 Å². The third-order valence-electron chi connectivity index (χ3n) is 2.58. The summed E-state index contributed by atoms with van der Waals surface area (Å²) in [5.74, 6) is -0.797. The second kappa shape index (κ2) is 6.41. The summed E-state index contributed by atoms with van der Waals surface area (Å²) < 4.78 is 0.944. The first-order chi connectivity index (χ1) is 8.10. The SMILES string of the molecule is CCCC(C#N)C(=O)Nc1cccc(Br)c1C. The molecule has 0 aliphatic carbocycles. The van der Waals surface area contributed by atoms with Crippen LogP contribution in [0, 0.1) is 24.2 Å². The molecule has 0 saturated carbocycles. The van der Waals surface area contributed by atoms with E-state index in [1.807, 2.05) is 38.1 Å². The van der Waals surface area contributed by atoms with E-state index in [1.54, 1.807) is 0 Å². The highest BCUT2D eigenvalue weighted by Crippen LogP contribution is 2.24. The van der Waals surface area contributed by atoms with Gasteiger partial charge in [0.05, 0.1) is 6.07 Å². The van der Waals surface area contributed by atoms with Crippen LogP contribution in [0.4, 0.5) is 5.69 Å². The van der Waals surface area contributed by atoms with Gasteiger partial charge in [-0.2, -0.15) is 5.26 Å². The normalized spacial score (nSPS) is 11.6. The molecular formula is C13H15BrN2O. The summed E-state index contributed by atoms with van der Waals surface area (Å²) in [5, 5.41) is 11.7. The minimum Gasteiger partial charge on any atom is -0.325 e. The summed E-state index contributed by atoms with van der Waals surface area (Å²) in [5.41, 5.74) is 1.72. The van der Waals surface area contributed by atoms with Crippen LogP contribution < -0.4 is 5.32 Å². The van der Waals surface area contributed by atoms with Crippen molar-refractivity contribution in [3.63, 3.8) is 0 Å². The number of carbonyl (C=O) groups is 1. The van der Waals surface area contributed by atoms with Gasteiger partial charge in [-0.1, -0.05) is 35.3 Å². The quantitative estimate of drug-likeness (QED) is 0.922. The van der Waals surface area contributed by atoms with Gasteiger partial charge in [-0.05, 0) is 31.0 Å². The Labute approximate surface area is 110 Å². The van der Waals surface area contributed by atoms with E-state index in [9.17, 15) is 4.79 Å². The van der Waals surface area contributed by atoms with Crippen LogP contribution >= 0.6 is 15.9 Å². The molecule has 1 amide bonds. The zero-order chi connectivity index (χ0) is 12.8. The maximum atomic E-state index is 11.8. The Morgan fingerprint density at radius 2 is 2.29 bits per heavy atom. The van der Waals surface area contributed by atoms with Crippen molar-refractivity contribution in [3.8, 4) is 6.07 Å². The van der Waals surface area contributed by atoms with Crippen molar-refractivity contribution in [2.75, 3.05) is 5.32 Å². The van der Waals surface area contributed by atoms with Crippen molar-refractivity contribution in [1.29, 1.82) is 5.26 Å². The van der Waals surface area contributed by atoms with Crippen LogP contribution in [0.1, 0.15) is 25.3 Å². The highest BCUT2D eigenvalue weighted by Gasteiger charge is 2.17. The van der Waals surface area contributed by atoms with Gasteiger partial charge in [0.1, 0.15) is 5.92 Å². The Bertz CT molecular complexity index is 451. The Kier molecular flexibility index (Phi) is 5.17. The number of nitrogens with one attached hydrogen (secondary N) is 1. The molecule has 17 heavy (non-hydrogen) atoms. The molecule has 0 aliphatic rings. The first-order valence-corrected chi connectivity index (χ1v) is 6.35. The van der Waals surface area contributed by atoms with E-state index in [2.05, 4.69) is 21.2 Å². The minimum atomic E-state index is -0.571. The van der Waals surface area contributed by atoms with E-state index >= 15 is 0 Å². The fraction of sp³-hybridized carbons (Fsp3) is 0.385. The third kappa shape index (κ3) is 3.57. The number of nitrogens with zero attached hydrogens (tertiary/aromatic N) is 1. The monoisotopic (exact) mass is 294 g/mol. The minimum absolute atomic E-state index is 0.226. The van der Waals surface area contributed by atoms with Gasteiger partial charge in [0, 0.05) is 10.2 Å². The Morgan fingerprint density at radius 1 is 1.59 bits per heavy atom. The first-order valence-electron chi connectivity index (χ1n) is 5.55. The molecule has 4 heteroatoms. The second-order valence-electron chi connectivity index (χ2n) is 3.87. The van der Waals surface area contributed by atoms with Gasteiger partial charge in [-0.3, -0.25) is 4.79 Å². The van der Waals surface area contributed by atoms with Gasteiger partial charge in [0.2, 0.25) is 5.91 Å². The summed E-state index contributed by atoms with van der Waals surface area (Å²) >= 11 is 3.40. The number of amides is 1. The van der Waals surface area contributed by atoms with E-state index in [4.69, 9.17) is 5.26 Å². The van der Waals surface area contributed by atoms with E-state index in [1.165, 1.54) is 0 Å². The Balaban J connectivity index is 2.81. The standard InChI is InChI=1S/C13H15BrN2O/c1-3-5-10(8-15)13(17)16-12-7-4-6-11(14)9(12)2/h4,6-7,10H,3,5H2,1-2H3,(H,16,17). The van der Waals surface area contributed by atoms with E-state index in [0.29, 0.717) is 6.42 Å². The average Bonchev–Trinajstić information content (AvgIpc) is 2.31. The fourth-order valence-electron chi connectivity index (χ4n) is 1.51. The second-order valence-corrected chi connectivity index (χ2v) is 4.73. The summed E-state index contributed by atoms with van der Waals surface area (Å²) in [4.78, 5) is 11.8. The molecule has 1 N–H and O–H groups in total. The smallest absolute Gasteiger partial charge is 0.241 e. The molecule has 0 fully saturated rings. The summed E-state index contributed by atoms with van der Waals surface area (Å²) in [6.07, 6.45) is 1.42. The molecule has 0 heterocycles. The summed E-state index contributed by atoms with van der Waals surface area (Å²) in [6.45, 7) is 3.88. The van der Waals surface area contributed by atoms with Gasteiger partial charge >= 0.3 is 0 Å². The zero-order valence-corrected chi connectivity index (χ0v) is 11.5. The lowest BCUT2D eigenvalue weighted by molar-refractivity contribution is -0.118. The number of anilines is 1. The average molecular weight is 295 g/mol. The van der Waals surface area contributed by atoms with Crippen LogP contribution in [0.2, 0.25) is 0 Å². The van der Waals surface area contributed by atoms with Crippen LogP contribution in [0.15, 0.2) is 22.7 Å². The molecule has 0 radical (unpaired) electrons. The fourth-order valence-corrected chi connectivity index (χ4v) is 1.87. The maximum absolute atomic E-state index is 11.8. The van der Waals surface area contributed by atoms with Crippen molar-refractivity contribution < 1.29 is 4.79 Å². The predicted molar refractivity (Wildman–Crippen MR) is 71.5 cm³/mol. The number of carbonyl (C=O) groups excluding carboxylic acids is 1. The van der Waals surface area contributed by atoms with Gasteiger partial charge < -0.3 is 5.32 Å². The van der Waals surface area contributed by atoms with Gasteiger partial charge in [-0.15, -0.1) is 0 Å². The van der Waals surface area contributed by atoms with Crippen molar-refractivity contribution >= 4 is 27.5 Å². The summed E-state index contributed by atoms with van der Waals surface area (Å²) in [6, 6.07) is 7.64. The molecular weight excluding hydrogens is 280 g/mol. The highest BCUT2D eigenvalue weighted by atomic mass is 79.9. The topological polar surface area (TPSA) is 52.9 Å². The van der Waals surface area contributed by atoms with Crippen LogP contribution in [-0.2, 0) is 4.79 Å². The molecule has 1 rings (SSSR count). The van der Waals surface area contributed by atoms with Crippen molar-refractivity contribution in [2.45, 2.75) is 26.7 Å². The van der Waals surface area contributed by atoms with Crippen molar-refractivity contribution in [2.24, 2.45) is 5.92 Å². The maximum Gasteiger partial charge on any atom is 0.241 e. The molecule has 0 saturated heterocycles. The molecule has 1 atom stereocenters. The Hall–Kier alpha value is -1.34. The number of rotatable bonds is 4. The van der Waals surface area contributed by atoms with Crippen molar-refractivity contribution in [1.82, 2.24) is 0 Å². The molecule has 90 valence electrons. The molecule has 1 aromatic carbocycles. The van der Waals surface area contributed by atoms with Gasteiger partial charge in [0.25, 0.3) is 0 Å². The lowest BCUT2D eigenvalue weighted by Crippen LogP contribution is -2.21. The zero-order valence-electron chi connectivity index (χ0n) is 9.96. The third-order valence-corrected chi connectivity index (χ3v) is 3.43. The molecule has 0 aromatic heterocycles. The molecule has 1 unspecified atom stereocenters. The van der Waals surface area contributed by atoms with Crippen LogP contribution in [0.5, 0.6) is 0 Å². The molecule has 0 aliphatic heterocycles. The lowest BCUT2D eigenvalue weighted by atomic mass is 10.0. The van der Waals surface area contributed by atoms with Gasteiger partial charge in [0.15, 0.2) is 0 Å². The molecule has 0 spiro atoms. The lowest BCUT2D eigenvalue weighted by Gasteiger charge is -2.12. The predicted octanol–water partition coefficient (Wildman–Crippen LogP) is 3.64. The Morgan fingerprint density at radius 3 is 2.88 bits per heavy atom.